The SMILES string of the molecule is N[C@@H](CO)C(=O)N1CCC2(CC1)SCCN2Cc1ccccc1. The van der Waals surface area contributed by atoms with Gasteiger partial charge in [-0.25, -0.2) is 0 Å². The molecule has 3 rings (SSSR count). The van der Waals surface area contributed by atoms with E-state index >= 15 is 0 Å². The molecule has 3 N–H and O–H groups in total. The molecule has 0 saturated carbocycles. The van der Waals surface area contributed by atoms with Gasteiger partial charge in [-0.2, -0.15) is 0 Å². The van der Waals surface area contributed by atoms with Gasteiger partial charge in [-0.3, -0.25) is 9.69 Å². The lowest BCUT2D eigenvalue weighted by atomic mass is 10.0. The van der Waals surface area contributed by atoms with Gasteiger partial charge in [0.15, 0.2) is 0 Å². The van der Waals surface area contributed by atoms with Gasteiger partial charge < -0.3 is 15.7 Å². The fourth-order valence-electron chi connectivity index (χ4n) is 3.52. The maximum Gasteiger partial charge on any atom is 0.241 e. The number of nitrogens with two attached hydrogens (primary N) is 1. The van der Waals surface area contributed by atoms with E-state index in [2.05, 4.69) is 29.2 Å². The van der Waals surface area contributed by atoms with Gasteiger partial charge in [-0.1, -0.05) is 30.3 Å². The number of benzene rings is 1. The summed E-state index contributed by atoms with van der Waals surface area (Å²) in [6.07, 6.45) is 1.93. The highest BCUT2D eigenvalue weighted by molar-refractivity contribution is 8.00. The van der Waals surface area contributed by atoms with Crippen LogP contribution < -0.4 is 5.73 Å². The number of carbonyl (C=O) groups is 1. The predicted octanol–water partition coefficient (Wildman–Crippen LogP) is 0.874. The lowest BCUT2D eigenvalue weighted by molar-refractivity contribution is -0.135. The van der Waals surface area contributed by atoms with Crippen LogP contribution in [0.25, 0.3) is 0 Å². The second-order valence-corrected chi connectivity index (χ2v) is 7.77. The minimum Gasteiger partial charge on any atom is -0.394 e. The molecule has 1 atom stereocenters. The van der Waals surface area contributed by atoms with Crippen molar-refractivity contribution < 1.29 is 9.90 Å². The Morgan fingerprint density at radius 3 is 2.61 bits per heavy atom. The standard InChI is InChI=1S/C17H25N3O2S/c18-15(13-21)16(22)19-8-6-17(7-9-19)20(10-11-23-17)12-14-4-2-1-3-5-14/h1-5,15,21H,6-13,18H2/t15-/m0/s1. The molecule has 1 aromatic carbocycles. The summed E-state index contributed by atoms with van der Waals surface area (Å²) in [5.41, 5.74) is 7.01. The van der Waals surface area contributed by atoms with E-state index in [1.165, 1.54) is 5.56 Å². The molecule has 0 radical (unpaired) electrons. The zero-order valence-electron chi connectivity index (χ0n) is 13.4. The molecule has 2 aliphatic rings. The van der Waals surface area contributed by atoms with Gasteiger partial charge in [0.05, 0.1) is 11.5 Å². The van der Waals surface area contributed by atoms with Gasteiger partial charge in [0.1, 0.15) is 6.04 Å². The van der Waals surface area contributed by atoms with Gasteiger partial charge >= 0.3 is 0 Å². The minimum absolute atomic E-state index is 0.125. The van der Waals surface area contributed by atoms with Gasteiger partial charge in [-0.05, 0) is 18.4 Å². The van der Waals surface area contributed by atoms with Crippen molar-refractivity contribution in [2.45, 2.75) is 30.3 Å². The second-order valence-electron chi connectivity index (χ2n) is 6.32. The average molecular weight is 335 g/mol. The number of hydrogen-bond donors (Lipinski definition) is 2. The van der Waals surface area contributed by atoms with Crippen molar-refractivity contribution in [3.05, 3.63) is 35.9 Å². The molecule has 0 aliphatic carbocycles. The quantitative estimate of drug-likeness (QED) is 0.855. The Labute approximate surface area is 141 Å². The van der Waals surface area contributed by atoms with Crippen molar-refractivity contribution in [3.63, 3.8) is 0 Å². The lowest BCUT2D eigenvalue weighted by Crippen LogP contribution is -2.54. The second kappa shape index (κ2) is 7.21. The molecule has 1 spiro atoms. The van der Waals surface area contributed by atoms with Gasteiger partial charge in [0.25, 0.3) is 0 Å². The molecule has 2 heterocycles. The monoisotopic (exact) mass is 335 g/mol. The average Bonchev–Trinajstić information content (AvgIpc) is 2.97. The van der Waals surface area contributed by atoms with Crippen LogP contribution in [-0.2, 0) is 11.3 Å². The van der Waals surface area contributed by atoms with E-state index in [1.807, 2.05) is 22.7 Å². The molecule has 0 unspecified atom stereocenters. The Hall–Kier alpha value is -1.08. The van der Waals surface area contributed by atoms with Crippen LogP contribution in [0.3, 0.4) is 0 Å². The first kappa shape index (κ1) is 16.8. The molecule has 23 heavy (non-hydrogen) atoms. The molecule has 1 aromatic rings. The predicted molar refractivity (Wildman–Crippen MR) is 92.9 cm³/mol. The van der Waals surface area contributed by atoms with E-state index in [0.29, 0.717) is 0 Å². The number of likely N-dealkylation sites (tertiary alicyclic amines) is 1. The topological polar surface area (TPSA) is 69.8 Å². The molecule has 126 valence electrons. The third kappa shape index (κ3) is 3.55. The lowest BCUT2D eigenvalue weighted by Gasteiger charge is -2.44. The highest BCUT2D eigenvalue weighted by Crippen LogP contribution is 2.44. The Morgan fingerprint density at radius 2 is 1.96 bits per heavy atom. The summed E-state index contributed by atoms with van der Waals surface area (Å²) in [7, 11) is 0. The summed E-state index contributed by atoms with van der Waals surface area (Å²) in [5, 5.41) is 9.06. The first-order valence-corrected chi connectivity index (χ1v) is 9.21. The summed E-state index contributed by atoms with van der Waals surface area (Å²) < 4.78 is 0. The molecular formula is C17H25N3O2S. The number of piperidine rings is 1. The van der Waals surface area contributed by atoms with E-state index in [1.54, 1.807) is 0 Å². The van der Waals surface area contributed by atoms with E-state index in [0.717, 1.165) is 44.8 Å². The van der Waals surface area contributed by atoms with Crippen LogP contribution in [0.5, 0.6) is 0 Å². The number of carbonyl (C=O) groups excluding carboxylic acids is 1. The zero-order chi connectivity index (χ0) is 16.3. The Bertz CT molecular complexity index is 532. The van der Waals surface area contributed by atoms with E-state index in [4.69, 9.17) is 10.8 Å². The Kier molecular flexibility index (Phi) is 5.26. The molecule has 2 fully saturated rings. The number of aliphatic hydroxyl groups is 1. The summed E-state index contributed by atoms with van der Waals surface area (Å²) in [6.45, 7) is 3.24. The summed E-state index contributed by atoms with van der Waals surface area (Å²) >= 11 is 2.03. The minimum atomic E-state index is -0.777. The van der Waals surface area contributed by atoms with Crippen LogP contribution in [0.15, 0.2) is 30.3 Å². The third-order valence-electron chi connectivity index (χ3n) is 4.89. The number of hydrogen-bond acceptors (Lipinski definition) is 5. The summed E-state index contributed by atoms with van der Waals surface area (Å²) in [5.74, 6) is 1.02. The van der Waals surface area contributed by atoms with Crippen LogP contribution in [0.2, 0.25) is 0 Å². The highest BCUT2D eigenvalue weighted by atomic mass is 32.2. The van der Waals surface area contributed by atoms with Crippen molar-refractivity contribution in [2.24, 2.45) is 5.73 Å². The van der Waals surface area contributed by atoms with Crippen LogP contribution in [-0.4, -0.2) is 63.7 Å². The molecule has 0 aromatic heterocycles. The number of rotatable bonds is 4. The van der Waals surface area contributed by atoms with E-state index in [9.17, 15) is 4.79 Å². The first-order valence-electron chi connectivity index (χ1n) is 8.23. The van der Waals surface area contributed by atoms with Crippen molar-refractivity contribution in [3.8, 4) is 0 Å². The van der Waals surface area contributed by atoms with Crippen molar-refractivity contribution in [1.82, 2.24) is 9.80 Å². The van der Waals surface area contributed by atoms with Crippen molar-refractivity contribution >= 4 is 17.7 Å². The van der Waals surface area contributed by atoms with Gasteiger partial charge in [-0.15, -0.1) is 11.8 Å². The first-order chi connectivity index (χ1) is 11.1. The molecule has 5 nitrogen and oxygen atoms in total. The fraction of sp³-hybridized carbons (Fsp3) is 0.588. The molecule has 2 saturated heterocycles. The van der Waals surface area contributed by atoms with Gasteiger partial charge in [0, 0.05) is 31.9 Å². The van der Waals surface area contributed by atoms with Crippen LogP contribution in [0, 0.1) is 0 Å². The Morgan fingerprint density at radius 1 is 1.26 bits per heavy atom. The molecule has 1 amide bonds. The molecular weight excluding hydrogens is 310 g/mol. The fourth-order valence-corrected chi connectivity index (χ4v) is 5.02. The van der Waals surface area contributed by atoms with Gasteiger partial charge in [0.2, 0.25) is 5.91 Å². The molecule has 0 bridgehead atoms. The van der Waals surface area contributed by atoms with Crippen molar-refractivity contribution in [2.75, 3.05) is 32.0 Å². The molecule has 6 heteroatoms. The normalized spacial score (nSPS) is 22.4. The number of thioether (sulfide) groups is 1. The summed E-state index contributed by atoms with van der Waals surface area (Å²) in [6, 6.07) is 9.80. The summed E-state index contributed by atoms with van der Waals surface area (Å²) in [4.78, 5) is 16.7. The van der Waals surface area contributed by atoms with Crippen LogP contribution in [0.4, 0.5) is 0 Å². The highest BCUT2D eigenvalue weighted by Gasteiger charge is 2.44. The van der Waals surface area contributed by atoms with Crippen LogP contribution >= 0.6 is 11.8 Å². The smallest absolute Gasteiger partial charge is 0.241 e. The number of aliphatic hydroxyl groups excluding tert-OH is 1. The van der Waals surface area contributed by atoms with E-state index < -0.39 is 6.04 Å². The zero-order valence-corrected chi connectivity index (χ0v) is 14.2. The van der Waals surface area contributed by atoms with E-state index in [-0.39, 0.29) is 17.4 Å². The number of nitrogens with zero attached hydrogens (tertiary/aromatic N) is 2. The maximum absolute atomic E-state index is 12.1. The van der Waals surface area contributed by atoms with Crippen molar-refractivity contribution in [1.29, 1.82) is 0 Å². The number of amides is 1. The largest absolute Gasteiger partial charge is 0.394 e. The molecule has 2 aliphatic heterocycles. The third-order valence-corrected chi connectivity index (χ3v) is 6.49. The Balaban J connectivity index is 1.63. The van der Waals surface area contributed by atoms with Crippen LogP contribution in [0.1, 0.15) is 18.4 Å². The maximum atomic E-state index is 12.1.